The van der Waals surface area contributed by atoms with Crippen molar-refractivity contribution in [3.05, 3.63) is 182 Å². The van der Waals surface area contributed by atoms with Gasteiger partial charge in [-0.05, 0) is 44.8 Å². The molecule has 0 fully saturated rings. The summed E-state index contributed by atoms with van der Waals surface area (Å²) in [4.78, 5) is 20.8. The number of hydrogen-bond donors (Lipinski definition) is 0. The Morgan fingerprint density at radius 2 is 0.680 bits per heavy atom. The maximum atomic E-state index is 5.34. The van der Waals surface area contributed by atoms with Crippen molar-refractivity contribution in [2.24, 2.45) is 0 Å². The summed E-state index contributed by atoms with van der Waals surface area (Å²) in [5.41, 5.74) is 8.72. The molecule has 7 aromatic carbocycles. The zero-order chi connectivity index (χ0) is 33.3. The number of hydrogen-bond acceptors (Lipinski definition) is 4. The maximum Gasteiger partial charge on any atom is 0.164 e. The molecule has 0 aliphatic carbocycles. The third-order valence-corrected chi connectivity index (χ3v) is 9.13. The fourth-order valence-corrected chi connectivity index (χ4v) is 6.72. The van der Waals surface area contributed by atoms with Crippen molar-refractivity contribution in [2.45, 2.75) is 0 Å². The molecule has 0 saturated heterocycles. The van der Waals surface area contributed by atoms with Crippen LogP contribution in [0.4, 0.5) is 0 Å². The smallest absolute Gasteiger partial charge is 0.164 e. The molecule has 234 valence electrons. The average molecular weight is 639 g/mol. The molecule has 0 spiro atoms. The van der Waals surface area contributed by atoms with Crippen LogP contribution in [0.15, 0.2) is 182 Å². The quantitative estimate of drug-likeness (QED) is 0.182. The summed E-state index contributed by atoms with van der Waals surface area (Å²) in [6.07, 6.45) is 0. The Bertz CT molecular complexity index is 2540. The molecule has 4 heteroatoms. The average Bonchev–Trinajstić information content (AvgIpc) is 3.20. The third-order valence-electron chi connectivity index (χ3n) is 9.13. The molecule has 0 aliphatic rings. The molecule has 2 aromatic heterocycles. The number of pyridine rings is 1. The van der Waals surface area contributed by atoms with Crippen LogP contribution in [0.25, 0.3) is 89.4 Å². The van der Waals surface area contributed by atoms with E-state index < -0.39 is 0 Å². The second-order valence-corrected chi connectivity index (χ2v) is 12.3. The lowest BCUT2D eigenvalue weighted by molar-refractivity contribution is 1.07. The molecule has 0 aliphatic heterocycles. The topological polar surface area (TPSA) is 51.6 Å². The van der Waals surface area contributed by atoms with Gasteiger partial charge in [-0.25, -0.2) is 19.9 Å². The van der Waals surface area contributed by atoms with Crippen molar-refractivity contribution < 1.29 is 0 Å². The molecule has 50 heavy (non-hydrogen) atoms. The molecule has 4 nitrogen and oxygen atoms in total. The molecule has 0 bridgehead atoms. The van der Waals surface area contributed by atoms with Gasteiger partial charge in [-0.1, -0.05) is 170 Å². The SMILES string of the molecule is c1ccc(-c2nc(-c3cc(-c4cccc5ccccc45)nc(-c4cccc5ccccc45)c3)nc(-c3ccccc3-c3ccccc3)n2)cc1. The van der Waals surface area contributed by atoms with E-state index in [0.29, 0.717) is 17.5 Å². The summed E-state index contributed by atoms with van der Waals surface area (Å²) in [5, 5.41) is 4.61. The number of rotatable bonds is 6. The number of fused-ring (bicyclic) bond motifs is 2. The van der Waals surface area contributed by atoms with Crippen molar-refractivity contribution >= 4 is 21.5 Å². The van der Waals surface area contributed by atoms with Crippen LogP contribution in [0.5, 0.6) is 0 Å². The maximum absolute atomic E-state index is 5.34. The molecule has 2 heterocycles. The van der Waals surface area contributed by atoms with Crippen LogP contribution in [0.2, 0.25) is 0 Å². The first-order valence-electron chi connectivity index (χ1n) is 16.7. The molecule has 0 radical (unpaired) electrons. The van der Waals surface area contributed by atoms with Crippen molar-refractivity contribution in [1.29, 1.82) is 0 Å². The summed E-state index contributed by atoms with van der Waals surface area (Å²) in [5.74, 6) is 1.81. The summed E-state index contributed by atoms with van der Waals surface area (Å²) < 4.78 is 0. The Hall–Kier alpha value is -6.78. The Morgan fingerprint density at radius 1 is 0.260 bits per heavy atom. The van der Waals surface area contributed by atoms with Crippen LogP contribution in [0.1, 0.15) is 0 Å². The highest BCUT2D eigenvalue weighted by molar-refractivity contribution is 5.99. The largest absolute Gasteiger partial charge is 0.248 e. The normalized spacial score (nSPS) is 11.2. The first kappa shape index (κ1) is 29.4. The highest BCUT2D eigenvalue weighted by Crippen LogP contribution is 2.37. The van der Waals surface area contributed by atoms with E-state index in [2.05, 4.69) is 140 Å². The first-order chi connectivity index (χ1) is 24.8. The summed E-state index contributed by atoms with van der Waals surface area (Å²) in [7, 11) is 0. The molecular formula is C46H30N4. The van der Waals surface area contributed by atoms with Gasteiger partial charge >= 0.3 is 0 Å². The van der Waals surface area contributed by atoms with Crippen molar-refractivity contribution in [1.82, 2.24) is 19.9 Å². The Kier molecular flexibility index (Phi) is 7.45. The fourth-order valence-electron chi connectivity index (χ4n) is 6.72. The number of aromatic nitrogens is 4. The van der Waals surface area contributed by atoms with Gasteiger partial charge in [-0.2, -0.15) is 0 Å². The Balaban J connectivity index is 1.32. The van der Waals surface area contributed by atoms with Crippen LogP contribution in [-0.2, 0) is 0 Å². The van der Waals surface area contributed by atoms with E-state index in [9.17, 15) is 0 Å². The third kappa shape index (κ3) is 5.49. The minimum Gasteiger partial charge on any atom is -0.248 e. The van der Waals surface area contributed by atoms with Gasteiger partial charge in [-0.15, -0.1) is 0 Å². The highest BCUT2D eigenvalue weighted by Gasteiger charge is 2.18. The van der Waals surface area contributed by atoms with E-state index in [1.165, 1.54) is 0 Å². The van der Waals surface area contributed by atoms with Crippen LogP contribution in [-0.4, -0.2) is 19.9 Å². The molecule has 0 saturated carbocycles. The molecule has 0 amide bonds. The number of benzene rings is 7. The predicted molar refractivity (Wildman–Crippen MR) is 205 cm³/mol. The molecule has 0 unspecified atom stereocenters. The van der Waals surface area contributed by atoms with Gasteiger partial charge in [0.15, 0.2) is 17.5 Å². The second-order valence-electron chi connectivity index (χ2n) is 12.3. The zero-order valence-electron chi connectivity index (χ0n) is 27.1. The fraction of sp³-hybridized carbons (Fsp3) is 0. The Labute approximate surface area is 290 Å². The minimum atomic E-state index is 0.585. The van der Waals surface area contributed by atoms with Gasteiger partial charge in [0.1, 0.15) is 0 Å². The van der Waals surface area contributed by atoms with Gasteiger partial charge in [0.25, 0.3) is 0 Å². The van der Waals surface area contributed by atoms with E-state index in [1.54, 1.807) is 0 Å². The van der Waals surface area contributed by atoms with E-state index in [4.69, 9.17) is 19.9 Å². The monoisotopic (exact) mass is 638 g/mol. The molecule has 0 N–H and O–H groups in total. The summed E-state index contributed by atoms with van der Waals surface area (Å²) in [6.45, 7) is 0. The molecule has 9 rings (SSSR count). The standard InChI is InChI=1S/C46H30N4/c1-3-15-31(16-4-1)38-25-11-12-26-41(38)46-49-44(34-19-5-2-6-20-34)48-45(50-46)35-29-42(39-27-13-21-32-17-7-9-23-36(32)39)47-43(30-35)40-28-14-22-33-18-8-10-24-37(33)40/h1-30H. The second kappa shape index (κ2) is 12.7. The lowest BCUT2D eigenvalue weighted by Crippen LogP contribution is -2.02. The lowest BCUT2D eigenvalue weighted by atomic mass is 9.97. The van der Waals surface area contributed by atoms with Crippen molar-refractivity contribution in [2.75, 3.05) is 0 Å². The van der Waals surface area contributed by atoms with E-state index in [-0.39, 0.29) is 0 Å². The molecule has 0 atom stereocenters. The summed E-state index contributed by atoms with van der Waals surface area (Å²) >= 11 is 0. The van der Waals surface area contributed by atoms with Gasteiger partial charge in [0, 0.05) is 27.8 Å². The van der Waals surface area contributed by atoms with E-state index in [0.717, 1.165) is 71.9 Å². The van der Waals surface area contributed by atoms with Gasteiger partial charge in [-0.3, -0.25) is 0 Å². The van der Waals surface area contributed by atoms with Gasteiger partial charge < -0.3 is 0 Å². The van der Waals surface area contributed by atoms with Gasteiger partial charge in [0.05, 0.1) is 11.4 Å². The minimum absolute atomic E-state index is 0.585. The summed E-state index contributed by atoms with van der Waals surface area (Å²) in [6, 6.07) is 62.7. The van der Waals surface area contributed by atoms with Gasteiger partial charge in [0.2, 0.25) is 0 Å². The number of nitrogens with zero attached hydrogens (tertiary/aromatic N) is 4. The molecule has 9 aromatic rings. The van der Waals surface area contributed by atoms with Crippen molar-refractivity contribution in [3.8, 4) is 67.8 Å². The zero-order valence-corrected chi connectivity index (χ0v) is 27.1. The molecular weight excluding hydrogens is 609 g/mol. The predicted octanol–water partition coefficient (Wildman–Crippen LogP) is 11.6. The van der Waals surface area contributed by atoms with Crippen LogP contribution in [0.3, 0.4) is 0 Å². The van der Waals surface area contributed by atoms with Crippen molar-refractivity contribution in [3.63, 3.8) is 0 Å². The van der Waals surface area contributed by atoms with E-state index >= 15 is 0 Å². The lowest BCUT2D eigenvalue weighted by Gasteiger charge is -2.14. The van der Waals surface area contributed by atoms with E-state index in [1.807, 2.05) is 42.5 Å². The Morgan fingerprint density at radius 3 is 1.28 bits per heavy atom. The van der Waals surface area contributed by atoms with Crippen LogP contribution in [0, 0.1) is 0 Å². The van der Waals surface area contributed by atoms with Crippen LogP contribution >= 0.6 is 0 Å². The highest BCUT2D eigenvalue weighted by atomic mass is 15.0. The first-order valence-corrected chi connectivity index (χ1v) is 16.7. The van der Waals surface area contributed by atoms with Crippen LogP contribution < -0.4 is 0 Å².